The molecule has 0 amide bonds. The Balaban J connectivity index is 3.53. The van der Waals surface area contributed by atoms with Crippen molar-refractivity contribution in [3.63, 3.8) is 0 Å². The van der Waals surface area contributed by atoms with E-state index in [-0.39, 0.29) is 10.6 Å². The molecule has 1 aromatic rings. The van der Waals surface area contributed by atoms with Gasteiger partial charge in [0, 0.05) is 10.7 Å². The van der Waals surface area contributed by atoms with Crippen molar-refractivity contribution < 1.29 is 17.5 Å². The number of ether oxygens (including phenoxy) is 1. The van der Waals surface area contributed by atoms with E-state index in [1.54, 1.807) is 0 Å². The van der Waals surface area contributed by atoms with Crippen molar-refractivity contribution in [3.05, 3.63) is 22.4 Å². The number of hydrogen-bond acceptors (Lipinski definition) is 3. The lowest BCUT2D eigenvalue weighted by molar-refractivity contribution is 0.380. The molecule has 14 heavy (non-hydrogen) atoms. The molecule has 78 valence electrons. The van der Waals surface area contributed by atoms with Crippen molar-refractivity contribution in [3.8, 4) is 5.75 Å². The summed E-state index contributed by atoms with van der Waals surface area (Å²) in [6.07, 6.45) is 0.942. The van der Waals surface area contributed by atoms with Gasteiger partial charge in [-0.1, -0.05) is 15.9 Å². The Morgan fingerprint density at radius 3 is 2.43 bits per heavy atom. The van der Waals surface area contributed by atoms with Crippen LogP contribution in [-0.4, -0.2) is 21.8 Å². The number of sulfone groups is 1. The average Bonchev–Trinajstić information content (AvgIpc) is 2.06. The first kappa shape index (κ1) is 11.5. The van der Waals surface area contributed by atoms with Gasteiger partial charge >= 0.3 is 0 Å². The standard InChI is InChI=1S/C8H8BrFO3S/c1-13-6-3-5(9)4-7(8(6)10)14(2,11)12/h3-4H,1-2H3. The van der Waals surface area contributed by atoms with Gasteiger partial charge in [0.15, 0.2) is 21.4 Å². The van der Waals surface area contributed by atoms with Crippen LogP contribution in [0.3, 0.4) is 0 Å². The molecule has 3 nitrogen and oxygen atoms in total. The molecule has 0 aliphatic heterocycles. The Bertz CT molecular complexity index is 456. The summed E-state index contributed by atoms with van der Waals surface area (Å²) in [5.74, 6) is -0.960. The molecule has 0 heterocycles. The fourth-order valence-corrected chi connectivity index (χ4v) is 2.31. The highest BCUT2D eigenvalue weighted by molar-refractivity contribution is 9.10. The van der Waals surface area contributed by atoms with Gasteiger partial charge in [-0.25, -0.2) is 12.8 Å². The molecule has 0 atom stereocenters. The molecule has 0 aromatic heterocycles. The Morgan fingerprint density at radius 1 is 1.43 bits per heavy atom. The summed E-state index contributed by atoms with van der Waals surface area (Å²) in [6.45, 7) is 0. The van der Waals surface area contributed by atoms with E-state index in [9.17, 15) is 12.8 Å². The van der Waals surface area contributed by atoms with E-state index in [1.165, 1.54) is 19.2 Å². The summed E-state index contributed by atoms with van der Waals surface area (Å²) in [5.41, 5.74) is 0. The summed E-state index contributed by atoms with van der Waals surface area (Å²) in [6, 6.07) is 2.57. The van der Waals surface area contributed by atoms with Gasteiger partial charge in [0.05, 0.1) is 7.11 Å². The highest BCUT2D eigenvalue weighted by atomic mass is 79.9. The Kier molecular flexibility index (Phi) is 3.16. The molecule has 0 bridgehead atoms. The minimum atomic E-state index is -3.57. The monoisotopic (exact) mass is 282 g/mol. The number of methoxy groups -OCH3 is 1. The third kappa shape index (κ3) is 2.24. The Hall–Kier alpha value is -0.620. The van der Waals surface area contributed by atoms with E-state index in [2.05, 4.69) is 15.9 Å². The Labute approximate surface area is 89.9 Å². The van der Waals surface area contributed by atoms with E-state index >= 15 is 0 Å². The second-order valence-electron chi connectivity index (χ2n) is 2.69. The highest BCUT2D eigenvalue weighted by Gasteiger charge is 2.18. The third-order valence-electron chi connectivity index (χ3n) is 1.59. The highest BCUT2D eigenvalue weighted by Crippen LogP contribution is 2.28. The van der Waals surface area contributed by atoms with Gasteiger partial charge < -0.3 is 4.74 Å². The van der Waals surface area contributed by atoms with Crippen LogP contribution in [0.4, 0.5) is 4.39 Å². The molecule has 0 saturated heterocycles. The predicted molar refractivity (Wildman–Crippen MR) is 53.8 cm³/mol. The van der Waals surface area contributed by atoms with Crippen LogP contribution < -0.4 is 4.74 Å². The molecule has 1 aromatic carbocycles. The lowest BCUT2D eigenvalue weighted by Gasteiger charge is -2.06. The SMILES string of the molecule is COc1cc(Br)cc(S(C)(=O)=O)c1F. The molecular formula is C8H8BrFO3S. The van der Waals surface area contributed by atoms with E-state index in [0.717, 1.165) is 6.26 Å². The van der Waals surface area contributed by atoms with Crippen molar-refractivity contribution >= 4 is 25.8 Å². The molecule has 6 heteroatoms. The number of rotatable bonds is 2. The van der Waals surface area contributed by atoms with Crippen LogP contribution in [0.5, 0.6) is 5.75 Å². The van der Waals surface area contributed by atoms with Gasteiger partial charge in [0.1, 0.15) is 4.90 Å². The van der Waals surface area contributed by atoms with Crippen LogP contribution >= 0.6 is 15.9 Å². The maximum Gasteiger partial charge on any atom is 0.183 e. The maximum absolute atomic E-state index is 13.4. The van der Waals surface area contributed by atoms with Crippen molar-refractivity contribution in [2.45, 2.75) is 4.90 Å². The fraction of sp³-hybridized carbons (Fsp3) is 0.250. The van der Waals surface area contributed by atoms with E-state index < -0.39 is 15.7 Å². The molecule has 0 saturated carbocycles. The van der Waals surface area contributed by atoms with E-state index in [4.69, 9.17) is 4.74 Å². The predicted octanol–water partition coefficient (Wildman–Crippen LogP) is 2.00. The first-order valence-electron chi connectivity index (χ1n) is 3.59. The summed E-state index contributed by atoms with van der Waals surface area (Å²) < 4.78 is 40.9. The summed E-state index contributed by atoms with van der Waals surface area (Å²) in [4.78, 5) is -0.372. The van der Waals surface area contributed by atoms with Gasteiger partial charge in [-0.2, -0.15) is 0 Å². The minimum absolute atomic E-state index is 0.0974. The second kappa shape index (κ2) is 3.86. The molecular weight excluding hydrogens is 275 g/mol. The molecule has 0 fully saturated rings. The minimum Gasteiger partial charge on any atom is -0.494 e. The summed E-state index contributed by atoms with van der Waals surface area (Å²) >= 11 is 3.07. The second-order valence-corrected chi connectivity index (χ2v) is 5.59. The van der Waals surface area contributed by atoms with Crippen LogP contribution in [0.2, 0.25) is 0 Å². The van der Waals surface area contributed by atoms with Gasteiger partial charge in [0.25, 0.3) is 0 Å². The topological polar surface area (TPSA) is 43.4 Å². The lowest BCUT2D eigenvalue weighted by atomic mass is 10.3. The van der Waals surface area contributed by atoms with Crippen molar-refractivity contribution in [1.82, 2.24) is 0 Å². The summed E-state index contributed by atoms with van der Waals surface area (Å²) in [7, 11) is -2.30. The van der Waals surface area contributed by atoms with E-state index in [1.807, 2.05) is 0 Å². The van der Waals surface area contributed by atoms with Crippen molar-refractivity contribution in [1.29, 1.82) is 0 Å². The van der Waals surface area contributed by atoms with Gasteiger partial charge in [-0.15, -0.1) is 0 Å². The lowest BCUT2D eigenvalue weighted by Crippen LogP contribution is -2.02. The average molecular weight is 283 g/mol. The zero-order valence-electron chi connectivity index (χ0n) is 7.54. The van der Waals surface area contributed by atoms with Crippen molar-refractivity contribution in [2.75, 3.05) is 13.4 Å². The summed E-state index contributed by atoms with van der Waals surface area (Å²) in [5, 5.41) is 0. The normalized spacial score (nSPS) is 11.4. The van der Waals surface area contributed by atoms with Crippen molar-refractivity contribution in [2.24, 2.45) is 0 Å². The third-order valence-corrected chi connectivity index (χ3v) is 3.14. The van der Waals surface area contributed by atoms with Gasteiger partial charge in [0.2, 0.25) is 0 Å². The maximum atomic E-state index is 13.4. The van der Waals surface area contributed by atoms with Crippen LogP contribution in [0.1, 0.15) is 0 Å². The first-order chi connectivity index (χ1) is 6.36. The first-order valence-corrected chi connectivity index (χ1v) is 6.28. The molecule has 0 aliphatic rings. The van der Waals surface area contributed by atoms with Gasteiger partial charge in [-0.05, 0) is 12.1 Å². The molecule has 0 aliphatic carbocycles. The molecule has 1 rings (SSSR count). The van der Waals surface area contributed by atoms with Crippen LogP contribution in [0, 0.1) is 5.82 Å². The number of hydrogen-bond donors (Lipinski definition) is 0. The van der Waals surface area contributed by atoms with Crippen LogP contribution in [0.15, 0.2) is 21.5 Å². The quantitative estimate of drug-likeness (QED) is 0.833. The van der Waals surface area contributed by atoms with Crippen LogP contribution in [0.25, 0.3) is 0 Å². The fourth-order valence-electron chi connectivity index (χ4n) is 0.959. The van der Waals surface area contributed by atoms with Gasteiger partial charge in [-0.3, -0.25) is 0 Å². The number of halogens is 2. The molecule has 0 N–H and O–H groups in total. The Morgan fingerprint density at radius 2 is 2.00 bits per heavy atom. The smallest absolute Gasteiger partial charge is 0.183 e. The molecule has 0 unspecified atom stereocenters. The largest absolute Gasteiger partial charge is 0.494 e. The zero-order valence-corrected chi connectivity index (χ0v) is 9.95. The van der Waals surface area contributed by atoms with E-state index in [0.29, 0.717) is 4.47 Å². The molecule has 0 radical (unpaired) electrons. The zero-order chi connectivity index (χ0) is 10.9. The number of benzene rings is 1. The van der Waals surface area contributed by atoms with Crippen LogP contribution in [-0.2, 0) is 9.84 Å². The molecule has 0 spiro atoms.